The number of carbonyl (C=O) groups is 2. The number of hydrogen-bond donors (Lipinski definition) is 2. The number of carbonyl (C=O) groups excluding carboxylic acids is 2. The number of likely N-dealkylation sites (N-methyl/N-ethyl adjacent to an activating group) is 1. The fourth-order valence-corrected chi connectivity index (χ4v) is 5.28. The lowest BCUT2D eigenvalue weighted by molar-refractivity contribution is -0.138. The molecule has 2 N–H and O–H groups in total. The van der Waals surface area contributed by atoms with Crippen LogP contribution in [0.1, 0.15) is 58.3 Å². The maximum Gasteiger partial charge on any atom is 0.416 e. The first-order valence-corrected chi connectivity index (χ1v) is 13.5. The minimum absolute atomic E-state index is 0.0101. The van der Waals surface area contributed by atoms with E-state index in [1.54, 1.807) is 18.2 Å². The van der Waals surface area contributed by atoms with Gasteiger partial charge in [0.05, 0.1) is 18.7 Å². The Kier molecular flexibility index (Phi) is 9.33. The summed E-state index contributed by atoms with van der Waals surface area (Å²) in [6.45, 7) is 3.87. The van der Waals surface area contributed by atoms with Crippen LogP contribution in [0.4, 0.5) is 18.9 Å². The highest BCUT2D eigenvalue weighted by Crippen LogP contribution is 2.43. The van der Waals surface area contributed by atoms with E-state index in [9.17, 15) is 22.8 Å². The third-order valence-electron chi connectivity index (χ3n) is 7.41. The van der Waals surface area contributed by atoms with Crippen LogP contribution >= 0.6 is 0 Å². The third-order valence-corrected chi connectivity index (χ3v) is 7.41. The number of nitrogens with one attached hydrogen (secondary N) is 2. The van der Waals surface area contributed by atoms with Crippen LogP contribution < -0.4 is 15.5 Å². The Labute approximate surface area is 233 Å². The lowest BCUT2D eigenvalue weighted by Crippen LogP contribution is -2.30. The fraction of sp³-hybridized carbons (Fsp3) is 0.419. The number of hydrogen-bond acceptors (Lipinski definition) is 4. The molecular weight excluding hydrogens is 517 g/mol. The number of anilines is 1. The van der Waals surface area contributed by atoms with E-state index in [0.29, 0.717) is 49.3 Å². The molecule has 0 unspecified atom stereocenters. The lowest BCUT2D eigenvalue weighted by atomic mass is 9.72. The number of alkyl halides is 3. The van der Waals surface area contributed by atoms with Gasteiger partial charge in [0.1, 0.15) is 0 Å². The van der Waals surface area contributed by atoms with Crippen molar-refractivity contribution in [3.63, 3.8) is 0 Å². The molecule has 40 heavy (non-hydrogen) atoms. The van der Waals surface area contributed by atoms with Crippen LogP contribution in [0.25, 0.3) is 0 Å². The van der Waals surface area contributed by atoms with E-state index in [1.807, 2.05) is 30.1 Å². The van der Waals surface area contributed by atoms with Gasteiger partial charge < -0.3 is 15.5 Å². The predicted molar refractivity (Wildman–Crippen MR) is 150 cm³/mol. The number of fused-ring (bicyclic) bond motifs is 1. The minimum atomic E-state index is -4.59. The number of benzene rings is 2. The second kappa shape index (κ2) is 12.7. The molecule has 0 bridgehead atoms. The van der Waals surface area contributed by atoms with Crippen molar-refractivity contribution in [1.29, 1.82) is 0 Å². The molecule has 1 heterocycles. The van der Waals surface area contributed by atoms with E-state index < -0.39 is 17.6 Å². The Morgan fingerprint density at radius 2 is 2.00 bits per heavy atom. The van der Waals surface area contributed by atoms with Gasteiger partial charge in [0.25, 0.3) is 5.91 Å². The number of halogens is 3. The van der Waals surface area contributed by atoms with Gasteiger partial charge in [-0.3, -0.25) is 14.5 Å². The van der Waals surface area contributed by atoms with E-state index in [-0.39, 0.29) is 30.1 Å². The molecule has 2 aromatic rings. The summed E-state index contributed by atoms with van der Waals surface area (Å²) >= 11 is 0. The van der Waals surface area contributed by atoms with Crippen molar-refractivity contribution in [3.05, 3.63) is 76.4 Å². The molecule has 1 aliphatic heterocycles. The maximum atomic E-state index is 14.0. The van der Waals surface area contributed by atoms with Crippen molar-refractivity contribution < 1.29 is 22.8 Å². The van der Waals surface area contributed by atoms with Crippen LogP contribution in [0, 0.1) is 18.3 Å². The summed E-state index contributed by atoms with van der Waals surface area (Å²) in [6.07, 6.45) is 5.93. The van der Waals surface area contributed by atoms with E-state index >= 15 is 0 Å². The third kappa shape index (κ3) is 7.12. The zero-order valence-corrected chi connectivity index (χ0v) is 22.9. The van der Waals surface area contributed by atoms with Gasteiger partial charge in [0, 0.05) is 43.5 Å². The van der Waals surface area contributed by atoms with Crippen LogP contribution in [0.5, 0.6) is 0 Å². The van der Waals surface area contributed by atoms with Gasteiger partial charge in [-0.25, -0.2) is 0 Å². The Balaban J connectivity index is 1.38. The molecule has 0 aromatic heterocycles. The zero-order valence-electron chi connectivity index (χ0n) is 22.9. The fourth-order valence-electron chi connectivity index (χ4n) is 5.28. The van der Waals surface area contributed by atoms with Crippen molar-refractivity contribution in [2.75, 3.05) is 38.1 Å². The van der Waals surface area contributed by atoms with Crippen molar-refractivity contribution >= 4 is 17.5 Å². The van der Waals surface area contributed by atoms with Gasteiger partial charge in [0.2, 0.25) is 5.91 Å². The smallest absolute Gasteiger partial charge is 0.351 e. The van der Waals surface area contributed by atoms with Gasteiger partial charge in [-0.1, -0.05) is 31.1 Å². The van der Waals surface area contributed by atoms with Crippen molar-refractivity contribution in [2.45, 2.75) is 44.9 Å². The molecule has 6 nitrogen and oxygen atoms in total. The van der Waals surface area contributed by atoms with Gasteiger partial charge in [-0.15, -0.1) is 6.42 Å². The summed E-state index contributed by atoms with van der Waals surface area (Å²) in [5.41, 5.74) is 1.42. The second-order valence-corrected chi connectivity index (χ2v) is 10.7. The summed E-state index contributed by atoms with van der Waals surface area (Å²) in [4.78, 5) is 28.6. The summed E-state index contributed by atoms with van der Waals surface area (Å²) < 4.78 is 42.1. The van der Waals surface area contributed by atoms with Crippen LogP contribution in [0.3, 0.4) is 0 Å². The van der Waals surface area contributed by atoms with Crippen molar-refractivity contribution in [2.24, 2.45) is 5.92 Å². The first-order valence-electron chi connectivity index (χ1n) is 13.5. The van der Waals surface area contributed by atoms with Crippen LogP contribution in [0.2, 0.25) is 0 Å². The van der Waals surface area contributed by atoms with E-state index in [1.165, 1.54) is 11.0 Å². The Morgan fingerprint density at radius 3 is 2.70 bits per heavy atom. The largest absolute Gasteiger partial charge is 0.416 e. The predicted octanol–water partition coefficient (Wildman–Crippen LogP) is 4.71. The summed E-state index contributed by atoms with van der Waals surface area (Å²) in [5, 5.41) is 5.77. The molecule has 2 aliphatic rings. The average molecular weight is 553 g/mol. The highest BCUT2D eigenvalue weighted by atomic mass is 19.4. The number of terminal acetylenes is 1. The topological polar surface area (TPSA) is 64.7 Å². The minimum Gasteiger partial charge on any atom is -0.351 e. The van der Waals surface area contributed by atoms with E-state index in [4.69, 9.17) is 6.42 Å². The van der Waals surface area contributed by atoms with Crippen LogP contribution in [0.15, 0.2) is 48.6 Å². The molecule has 0 radical (unpaired) electrons. The lowest BCUT2D eigenvalue weighted by Gasteiger charge is -2.33. The molecule has 9 heteroatoms. The van der Waals surface area contributed by atoms with Crippen molar-refractivity contribution in [1.82, 2.24) is 15.5 Å². The molecule has 2 amide bonds. The Morgan fingerprint density at radius 1 is 1.23 bits per heavy atom. The van der Waals surface area contributed by atoms with Gasteiger partial charge >= 0.3 is 6.18 Å². The zero-order chi connectivity index (χ0) is 28.9. The van der Waals surface area contributed by atoms with Gasteiger partial charge in [0.15, 0.2) is 0 Å². The standard InChI is InChI=1S/C31H35F3N4O2/c1-4-12-37(3)13-6-9-29(39)36-11-10-35-19-22-16-26-27(28(17-22)31(32,33)34)20-38(30(26)40)25-8-5-7-23(18-25)24-14-21(2)15-24/h1,5-9,16-18,21,24,35H,10-15,19-20H2,2-3H3,(H,36,39)/b9-6+. The van der Waals surface area contributed by atoms with E-state index in [2.05, 4.69) is 23.5 Å². The molecule has 212 valence electrons. The number of rotatable bonds is 11. The summed E-state index contributed by atoms with van der Waals surface area (Å²) in [6, 6.07) is 10.3. The molecule has 4 rings (SSSR count). The normalized spacial score (nSPS) is 18.6. The summed E-state index contributed by atoms with van der Waals surface area (Å²) in [5.74, 6) is 2.92. The molecule has 0 atom stereocenters. The van der Waals surface area contributed by atoms with Crippen LogP contribution in [-0.2, 0) is 24.1 Å². The summed E-state index contributed by atoms with van der Waals surface area (Å²) in [7, 11) is 1.84. The monoisotopic (exact) mass is 552 g/mol. The molecule has 1 aliphatic carbocycles. The molecule has 0 spiro atoms. The molecule has 1 fully saturated rings. The maximum absolute atomic E-state index is 14.0. The van der Waals surface area contributed by atoms with Gasteiger partial charge in [-0.2, -0.15) is 13.2 Å². The highest BCUT2D eigenvalue weighted by molar-refractivity contribution is 6.10. The average Bonchev–Trinajstić information content (AvgIpc) is 3.22. The van der Waals surface area contributed by atoms with Crippen LogP contribution in [-0.4, -0.2) is 49.9 Å². The molecule has 1 saturated carbocycles. The van der Waals surface area contributed by atoms with E-state index in [0.717, 1.165) is 24.5 Å². The Bertz CT molecular complexity index is 1310. The Hall–Kier alpha value is -3.61. The number of nitrogens with zero attached hydrogens (tertiary/aromatic N) is 2. The quantitative estimate of drug-likeness (QED) is 0.241. The second-order valence-electron chi connectivity index (χ2n) is 10.7. The van der Waals surface area contributed by atoms with Crippen molar-refractivity contribution in [3.8, 4) is 12.3 Å². The molecule has 0 saturated heterocycles. The molecular formula is C31H35F3N4O2. The first kappa shape index (κ1) is 29.4. The number of amides is 2. The SMILES string of the molecule is C#CCN(C)C/C=C/C(=O)NCCNCc1cc2c(c(C(F)(F)F)c1)CN(c1cccc(C3CC(C)C3)c1)C2=O. The first-order chi connectivity index (χ1) is 19.1. The molecule has 2 aromatic carbocycles. The highest BCUT2D eigenvalue weighted by Gasteiger charge is 2.40. The van der Waals surface area contributed by atoms with Gasteiger partial charge in [-0.05, 0) is 72.7 Å².